The molecule has 1 saturated carbocycles. The molecule has 1 fully saturated rings. The Morgan fingerprint density at radius 3 is 2.00 bits per heavy atom. The molecular formula is C25H49Cl. The van der Waals surface area contributed by atoms with E-state index in [0.29, 0.717) is 27.6 Å². The van der Waals surface area contributed by atoms with Gasteiger partial charge < -0.3 is 0 Å². The van der Waals surface area contributed by atoms with Gasteiger partial charge in [-0.1, -0.05) is 75.7 Å². The maximum Gasteiger partial charge on any atom is 0.0256 e. The molecule has 0 aromatic carbocycles. The molecule has 0 nitrogen and oxygen atoms in total. The van der Waals surface area contributed by atoms with Gasteiger partial charge in [0.25, 0.3) is 0 Å². The molecule has 0 N–H and O–H groups in total. The molecule has 0 saturated heterocycles. The second-order valence-electron chi connectivity index (χ2n) is 12.3. The van der Waals surface area contributed by atoms with Crippen LogP contribution in [0.25, 0.3) is 0 Å². The van der Waals surface area contributed by atoms with E-state index in [1.807, 2.05) is 0 Å². The standard InChI is InChI=1S/C25H49Cl/c1-11-25(19(2)3)14-12-13-21(25)24(9,10)16-15-23(7,8)17-20(18-26)22(4,5)6/h19-21H,11-18H2,1-10H3. The normalized spacial score (nSPS) is 26.5. The van der Waals surface area contributed by atoms with Crippen molar-refractivity contribution in [2.45, 2.75) is 114 Å². The van der Waals surface area contributed by atoms with Crippen molar-refractivity contribution in [1.29, 1.82) is 0 Å². The monoisotopic (exact) mass is 384 g/mol. The predicted octanol–water partition coefficient (Wildman–Crippen LogP) is 8.96. The van der Waals surface area contributed by atoms with Crippen LogP contribution in [-0.4, -0.2) is 5.88 Å². The van der Waals surface area contributed by atoms with E-state index in [4.69, 9.17) is 11.6 Å². The Morgan fingerprint density at radius 1 is 1.00 bits per heavy atom. The molecule has 0 aliphatic heterocycles. The van der Waals surface area contributed by atoms with Crippen LogP contribution in [0, 0.1) is 39.4 Å². The van der Waals surface area contributed by atoms with Gasteiger partial charge in [-0.25, -0.2) is 0 Å². The second kappa shape index (κ2) is 8.75. The zero-order valence-corrected chi connectivity index (χ0v) is 20.5. The van der Waals surface area contributed by atoms with Gasteiger partial charge in [-0.3, -0.25) is 0 Å². The van der Waals surface area contributed by atoms with Crippen LogP contribution in [0.4, 0.5) is 0 Å². The Morgan fingerprint density at radius 2 is 1.58 bits per heavy atom. The number of alkyl halides is 1. The highest BCUT2D eigenvalue weighted by Crippen LogP contribution is 2.59. The molecule has 0 aromatic heterocycles. The molecule has 0 bridgehead atoms. The maximum atomic E-state index is 6.34. The lowest BCUT2D eigenvalue weighted by atomic mass is 9.57. The first-order valence-electron chi connectivity index (χ1n) is 11.3. The predicted molar refractivity (Wildman–Crippen MR) is 120 cm³/mol. The molecule has 156 valence electrons. The molecule has 0 spiro atoms. The smallest absolute Gasteiger partial charge is 0.0256 e. The summed E-state index contributed by atoms with van der Waals surface area (Å²) in [6.45, 7) is 24.5. The number of hydrogen-bond acceptors (Lipinski definition) is 0. The van der Waals surface area contributed by atoms with Crippen LogP contribution in [0.5, 0.6) is 0 Å². The molecule has 3 unspecified atom stereocenters. The van der Waals surface area contributed by atoms with Gasteiger partial charge in [-0.2, -0.15) is 0 Å². The van der Waals surface area contributed by atoms with Crippen LogP contribution in [0.1, 0.15) is 114 Å². The van der Waals surface area contributed by atoms with Gasteiger partial charge >= 0.3 is 0 Å². The largest absolute Gasteiger partial charge is 0.126 e. The summed E-state index contributed by atoms with van der Waals surface area (Å²) in [6, 6.07) is 0. The van der Waals surface area contributed by atoms with E-state index >= 15 is 0 Å². The van der Waals surface area contributed by atoms with Gasteiger partial charge in [-0.05, 0) is 77.9 Å². The van der Waals surface area contributed by atoms with Crippen molar-refractivity contribution < 1.29 is 0 Å². The summed E-state index contributed by atoms with van der Waals surface area (Å²) >= 11 is 6.34. The van der Waals surface area contributed by atoms with E-state index in [9.17, 15) is 0 Å². The Labute approximate surface area is 171 Å². The zero-order valence-electron chi connectivity index (χ0n) is 19.8. The van der Waals surface area contributed by atoms with Crippen LogP contribution < -0.4 is 0 Å². The minimum atomic E-state index is 0.301. The van der Waals surface area contributed by atoms with Gasteiger partial charge in [0, 0.05) is 5.88 Å². The van der Waals surface area contributed by atoms with Crippen molar-refractivity contribution in [3.8, 4) is 0 Å². The summed E-state index contributed by atoms with van der Waals surface area (Å²) < 4.78 is 0. The summed E-state index contributed by atoms with van der Waals surface area (Å²) in [5.41, 5.74) is 1.67. The molecule has 1 aliphatic rings. The molecule has 1 rings (SSSR count). The minimum Gasteiger partial charge on any atom is -0.126 e. The van der Waals surface area contributed by atoms with Crippen molar-refractivity contribution in [2.24, 2.45) is 39.4 Å². The molecule has 26 heavy (non-hydrogen) atoms. The van der Waals surface area contributed by atoms with Gasteiger partial charge in [0.15, 0.2) is 0 Å². The Bertz CT molecular complexity index is 426. The first-order valence-corrected chi connectivity index (χ1v) is 11.8. The van der Waals surface area contributed by atoms with E-state index in [1.54, 1.807) is 0 Å². The molecule has 0 radical (unpaired) electrons. The lowest BCUT2D eigenvalue weighted by Crippen LogP contribution is -2.40. The summed E-state index contributed by atoms with van der Waals surface area (Å²) in [5, 5.41) is 0. The average Bonchev–Trinajstić information content (AvgIpc) is 2.96. The minimum absolute atomic E-state index is 0.301. The Hall–Kier alpha value is 0.290. The number of hydrogen-bond donors (Lipinski definition) is 0. The third-order valence-electron chi connectivity index (χ3n) is 8.24. The van der Waals surface area contributed by atoms with E-state index in [1.165, 1.54) is 44.9 Å². The maximum absolute atomic E-state index is 6.34. The van der Waals surface area contributed by atoms with Crippen LogP contribution in [0.3, 0.4) is 0 Å². The quantitative estimate of drug-likeness (QED) is 0.348. The lowest BCUT2D eigenvalue weighted by molar-refractivity contribution is 0.0138. The average molecular weight is 385 g/mol. The van der Waals surface area contributed by atoms with E-state index < -0.39 is 0 Å². The van der Waals surface area contributed by atoms with Crippen molar-refractivity contribution in [3.63, 3.8) is 0 Å². The fourth-order valence-electron chi connectivity index (χ4n) is 5.98. The molecule has 0 aromatic rings. The third-order valence-corrected chi connectivity index (χ3v) is 8.61. The van der Waals surface area contributed by atoms with Crippen molar-refractivity contribution in [3.05, 3.63) is 0 Å². The fraction of sp³-hybridized carbons (Fsp3) is 1.00. The lowest BCUT2D eigenvalue weighted by Gasteiger charge is -2.48. The first kappa shape index (κ1) is 24.3. The van der Waals surface area contributed by atoms with E-state index in [0.717, 1.165) is 17.7 Å². The van der Waals surface area contributed by atoms with Gasteiger partial charge in [0.05, 0.1) is 0 Å². The fourth-order valence-corrected chi connectivity index (χ4v) is 6.56. The van der Waals surface area contributed by atoms with Crippen molar-refractivity contribution in [1.82, 2.24) is 0 Å². The van der Waals surface area contributed by atoms with Gasteiger partial charge in [-0.15, -0.1) is 11.6 Å². The number of halogens is 1. The molecular weight excluding hydrogens is 336 g/mol. The van der Waals surface area contributed by atoms with Crippen LogP contribution in [0.15, 0.2) is 0 Å². The van der Waals surface area contributed by atoms with E-state index in [2.05, 4.69) is 69.2 Å². The second-order valence-corrected chi connectivity index (χ2v) is 12.6. The van der Waals surface area contributed by atoms with E-state index in [-0.39, 0.29) is 0 Å². The highest BCUT2D eigenvalue weighted by molar-refractivity contribution is 6.18. The van der Waals surface area contributed by atoms with Crippen LogP contribution in [0.2, 0.25) is 0 Å². The molecule has 3 atom stereocenters. The van der Waals surface area contributed by atoms with Crippen molar-refractivity contribution >= 4 is 11.6 Å². The summed E-state index contributed by atoms with van der Waals surface area (Å²) in [5.74, 6) is 3.06. The molecule has 1 aliphatic carbocycles. The highest BCUT2D eigenvalue weighted by Gasteiger charge is 2.50. The first-order chi connectivity index (χ1) is 11.7. The Balaban J connectivity index is 2.83. The summed E-state index contributed by atoms with van der Waals surface area (Å²) in [4.78, 5) is 0. The third kappa shape index (κ3) is 5.65. The molecule has 0 amide bonds. The zero-order chi connectivity index (χ0) is 20.4. The van der Waals surface area contributed by atoms with Gasteiger partial charge in [0.2, 0.25) is 0 Å². The number of rotatable bonds is 9. The Kier molecular flexibility index (Phi) is 8.19. The molecule has 0 heterocycles. The summed E-state index contributed by atoms with van der Waals surface area (Å²) in [6.07, 6.45) is 9.56. The summed E-state index contributed by atoms with van der Waals surface area (Å²) in [7, 11) is 0. The topological polar surface area (TPSA) is 0 Å². The van der Waals surface area contributed by atoms with Crippen LogP contribution >= 0.6 is 11.6 Å². The SMILES string of the molecule is CCC1(C(C)C)CCCC1C(C)(C)CCC(C)(C)CC(CCl)C(C)(C)C. The van der Waals surface area contributed by atoms with Crippen molar-refractivity contribution in [2.75, 3.05) is 5.88 Å². The van der Waals surface area contributed by atoms with Gasteiger partial charge in [0.1, 0.15) is 0 Å². The van der Waals surface area contributed by atoms with Crippen LogP contribution in [-0.2, 0) is 0 Å². The molecule has 1 heteroatoms. The highest BCUT2D eigenvalue weighted by atomic mass is 35.5.